The van der Waals surface area contributed by atoms with Crippen LogP contribution in [-0.2, 0) is 6.61 Å². The van der Waals surface area contributed by atoms with Gasteiger partial charge in [-0.3, -0.25) is 10.2 Å². The molecule has 0 aliphatic rings. The average molecular weight is 335 g/mol. The molecule has 0 spiro atoms. The third-order valence-electron chi connectivity index (χ3n) is 2.88. The lowest BCUT2D eigenvalue weighted by Crippen LogP contribution is -2.29. The zero-order valence-corrected chi connectivity index (χ0v) is 12.6. The van der Waals surface area contributed by atoms with Crippen molar-refractivity contribution in [3.8, 4) is 5.75 Å². The van der Waals surface area contributed by atoms with Gasteiger partial charge < -0.3 is 4.74 Å². The smallest absolute Gasteiger partial charge is 0.265 e. The first kappa shape index (κ1) is 14.6. The fourth-order valence-corrected chi connectivity index (χ4v) is 2.25. The fraction of sp³-hybridized carbons (Fsp3) is 0.133. The SMILES string of the molecule is Cc1cc(Br)ccc1OCc1ccc(C(=O)NN)cc1. The Morgan fingerprint density at radius 1 is 1.25 bits per heavy atom. The third-order valence-corrected chi connectivity index (χ3v) is 3.37. The molecule has 0 bridgehead atoms. The molecule has 0 aromatic heterocycles. The second-order valence-corrected chi connectivity index (χ2v) is 5.28. The summed E-state index contributed by atoms with van der Waals surface area (Å²) >= 11 is 3.42. The number of rotatable bonds is 4. The summed E-state index contributed by atoms with van der Waals surface area (Å²) in [5.74, 6) is 5.62. The van der Waals surface area contributed by atoms with Crippen LogP contribution >= 0.6 is 15.9 Å². The van der Waals surface area contributed by atoms with Gasteiger partial charge in [-0.1, -0.05) is 28.1 Å². The van der Waals surface area contributed by atoms with Crippen LogP contribution in [0.25, 0.3) is 0 Å². The normalized spacial score (nSPS) is 10.2. The van der Waals surface area contributed by atoms with Gasteiger partial charge in [0.1, 0.15) is 12.4 Å². The minimum atomic E-state index is -0.304. The number of amides is 1. The minimum Gasteiger partial charge on any atom is -0.489 e. The fourth-order valence-electron chi connectivity index (χ4n) is 1.77. The second-order valence-electron chi connectivity index (χ2n) is 4.37. The molecule has 0 aliphatic heterocycles. The third kappa shape index (κ3) is 3.59. The van der Waals surface area contributed by atoms with Gasteiger partial charge in [0.15, 0.2) is 0 Å². The number of halogens is 1. The van der Waals surface area contributed by atoms with Crippen molar-refractivity contribution >= 4 is 21.8 Å². The molecule has 0 unspecified atom stereocenters. The van der Waals surface area contributed by atoms with E-state index in [-0.39, 0.29) is 5.91 Å². The molecule has 0 heterocycles. The molecule has 3 N–H and O–H groups in total. The van der Waals surface area contributed by atoms with Crippen molar-refractivity contribution in [2.75, 3.05) is 0 Å². The van der Waals surface area contributed by atoms with E-state index in [1.54, 1.807) is 12.1 Å². The van der Waals surface area contributed by atoms with Crippen LogP contribution in [0.5, 0.6) is 5.75 Å². The summed E-state index contributed by atoms with van der Waals surface area (Å²) < 4.78 is 6.79. The van der Waals surface area contributed by atoms with E-state index in [0.29, 0.717) is 12.2 Å². The molecule has 0 radical (unpaired) electrons. The predicted molar refractivity (Wildman–Crippen MR) is 81.3 cm³/mol. The lowest BCUT2D eigenvalue weighted by molar-refractivity contribution is 0.0953. The number of carbonyl (C=O) groups is 1. The Bertz CT molecular complexity index is 612. The van der Waals surface area contributed by atoms with Crippen molar-refractivity contribution in [1.29, 1.82) is 0 Å². The molecule has 2 rings (SSSR count). The van der Waals surface area contributed by atoms with Gasteiger partial charge in [-0.25, -0.2) is 5.84 Å². The van der Waals surface area contributed by atoms with Gasteiger partial charge in [0, 0.05) is 10.0 Å². The summed E-state index contributed by atoms with van der Waals surface area (Å²) in [6.07, 6.45) is 0. The zero-order valence-electron chi connectivity index (χ0n) is 11.0. The summed E-state index contributed by atoms with van der Waals surface area (Å²) in [7, 11) is 0. The Kier molecular flexibility index (Phi) is 4.76. The van der Waals surface area contributed by atoms with Crippen molar-refractivity contribution in [3.63, 3.8) is 0 Å². The van der Waals surface area contributed by atoms with Crippen LogP contribution in [-0.4, -0.2) is 5.91 Å². The molecule has 0 atom stereocenters. The second kappa shape index (κ2) is 6.54. The number of hydrogen-bond acceptors (Lipinski definition) is 3. The number of nitrogens with two attached hydrogens (primary N) is 1. The number of nitrogen functional groups attached to an aromatic ring is 1. The summed E-state index contributed by atoms with van der Waals surface area (Å²) in [6.45, 7) is 2.45. The maximum atomic E-state index is 11.3. The van der Waals surface area contributed by atoms with Gasteiger partial charge in [0.2, 0.25) is 0 Å². The summed E-state index contributed by atoms with van der Waals surface area (Å²) in [5.41, 5.74) is 4.68. The van der Waals surface area contributed by atoms with E-state index >= 15 is 0 Å². The van der Waals surface area contributed by atoms with Gasteiger partial charge in [0.25, 0.3) is 5.91 Å². The molecule has 4 nitrogen and oxygen atoms in total. The van der Waals surface area contributed by atoms with Crippen molar-refractivity contribution in [1.82, 2.24) is 5.43 Å². The summed E-state index contributed by atoms with van der Waals surface area (Å²) in [6, 6.07) is 13.0. The number of hydrazine groups is 1. The van der Waals surface area contributed by atoms with Gasteiger partial charge in [0.05, 0.1) is 0 Å². The molecule has 0 saturated carbocycles. The largest absolute Gasteiger partial charge is 0.489 e. The van der Waals surface area contributed by atoms with E-state index in [0.717, 1.165) is 21.3 Å². The zero-order chi connectivity index (χ0) is 14.5. The maximum Gasteiger partial charge on any atom is 0.265 e. The Labute approximate surface area is 126 Å². The Morgan fingerprint density at radius 3 is 2.55 bits per heavy atom. The summed E-state index contributed by atoms with van der Waals surface area (Å²) in [4.78, 5) is 11.3. The topological polar surface area (TPSA) is 64.3 Å². The molecule has 0 aliphatic carbocycles. The van der Waals surface area contributed by atoms with Gasteiger partial charge in [-0.2, -0.15) is 0 Å². The first-order valence-electron chi connectivity index (χ1n) is 6.09. The highest BCUT2D eigenvalue weighted by atomic mass is 79.9. The molecule has 0 fully saturated rings. The van der Waals surface area contributed by atoms with Crippen LogP contribution in [0, 0.1) is 6.92 Å². The molecule has 5 heteroatoms. The molecule has 104 valence electrons. The van der Waals surface area contributed by atoms with Crippen molar-refractivity contribution in [2.24, 2.45) is 5.84 Å². The highest BCUT2D eigenvalue weighted by molar-refractivity contribution is 9.10. The quantitative estimate of drug-likeness (QED) is 0.513. The van der Waals surface area contributed by atoms with Crippen LogP contribution in [0.3, 0.4) is 0 Å². The summed E-state index contributed by atoms with van der Waals surface area (Å²) in [5, 5.41) is 0. The number of carbonyl (C=O) groups excluding carboxylic acids is 1. The number of nitrogens with one attached hydrogen (secondary N) is 1. The minimum absolute atomic E-state index is 0.304. The first-order valence-corrected chi connectivity index (χ1v) is 6.88. The lowest BCUT2D eigenvalue weighted by atomic mass is 10.1. The number of aryl methyl sites for hydroxylation is 1. The predicted octanol–water partition coefficient (Wildman–Crippen LogP) is 2.94. The standard InChI is InChI=1S/C15H15BrN2O2/c1-10-8-13(16)6-7-14(10)20-9-11-2-4-12(5-3-11)15(19)18-17/h2-8H,9,17H2,1H3,(H,18,19). The highest BCUT2D eigenvalue weighted by Gasteiger charge is 2.04. The van der Waals surface area contributed by atoms with E-state index in [1.807, 2.05) is 37.3 Å². The van der Waals surface area contributed by atoms with E-state index in [9.17, 15) is 4.79 Å². The molecular weight excluding hydrogens is 320 g/mol. The average Bonchev–Trinajstić information content (AvgIpc) is 2.46. The van der Waals surface area contributed by atoms with Crippen LogP contribution in [0.15, 0.2) is 46.9 Å². The van der Waals surface area contributed by atoms with E-state index in [2.05, 4.69) is 21.4 Å². The molecule has 1 amide bonds. The van der Waals surface area contributed by atoms with Crippen molar-refractivity contribution in [2.45, 2.75) is 13.5 Å². The van der Waals surface area contributed by atoms with Crippen LogP contribution in [0.4, 0.5) is 0 Å². The molecule has 2 aromatic carbocycles. The lowest BCUT2D eigenvalue weighted by Gasteiger charge is -2.10. The van der Waals surface area contributed by atoms with E-state index in [4.69, 9.17) is 10.6 Å². The van der Waals surface area contributed by atoms with Crippen LogP contribution < -0.4 is 16.0 Å². The van der Waals surface area contributed by atoms with Gasteiger partial charge >= 0.3 is 0 Å². The number of ether oxygens (including phenoxy) is 1. The number of hydrogen-bond donors (Lipinski definition) is 2. The molecule has 20 heavy (non-hydrogen) atoms. The first-order chi connectivity index (χ1) is 9.60. The molecule has 2 aromatic rings. The van der Waals surface area contributed by atoms with Crippen LogP contribution in [0.1, 0.15) is 21.5 Å². The van der Waals surface area contributed by atoms with Crippen molar-refractivity contribution < 1.29 is 9.53 Å². The Balaban J connectivity index is 2.02. The van der Waals surface area contributed by atoms with Gasteiger partial charge in [-0.05, 0) is 48.4 Å². The monoisotopic (exact) mass is 334 g/mol. The molecular formula is C15H15BrN2O2. The number of benzene rings is 2. The molecule has 0 saturated heterocycles. The van der Waals surface area contributed by atoms with E-state index in [1.165, 1.54) is 0 Å². The van der Waals surface area contributed by atoms with E-state index < -0.39 is 0 Å². The van der Waals surface area contributed by atoms with Gasteiger partial charge in [-0.15, -0.1) is 0 Å². The van der Waals surface area contributed by atoms with Crippen molar-refractivity contribution in [3.05, 3.63) is 63.6 Å². The highest BCUT2D eigenvalue weighted by Crippen LogP contribution is 2.23. The Morgan fingerprint density at radius 2 is 1.95 bits per heavy atom. The van der Waals surface area contributed by atoms with Crippen LogP contribution in [0.2, 0.25) is 0 Å². The maximum absolute atomic E-state index is 11.3. The Hall–Kier alpha value is -1.85.